The molecule has 1 aliphatic rings. The first-order valence-corrected chi connectivity index (χ1v) is 8.20. The van der Waals surface area contributed by atoms with Crippen molar-refractivity contribution in [3.63, 3.8) is 0 Å². The number of nitrogens with one attached hydrogen (secondary N) is 1. The van der Waals surface area contributed by atoms with Crippen molar-refractivity contribution in [3.8, 4) is 11.3 Å². The van der Waals surface area contributed by atoms with E-state index in [2.05, 4.69) is 15.5 Å². The molecule has 0 spiro atoms. The van der Waals surface area contributed by atoms with Crippen LogP contribution in [-0.4, -0.2) is 37.3 Å². The molecule has 1 fully saturated rings. The first kappa shape index (κ1) is 14.9. The predicted octanol–water partition coefficient (Wildman–Crippen LogP) is 1.76. The predicted molar refractivity (Wildman–Crippen MR) is 89.3 cm³/mol. The van der Waals surface area contributed by atoms with Crippen molar-refractivity contribution < 1.29 is 4.79 Å². The van der Waals surface area contributed by atoms with Gasteiger partial charge in [-0.3, -0.25) is 9.48 Å². The van der Waals surface area contributed by atoms with Crippen molar-refractivity contribution in [3.05, 3.63) is 36.5 Å². The highest BCUT2D eigenvalue weighted by molar-refractivity contribution is 5.78. The quantitative estimate of drug-likeness (QED) is 0.796. The molecule has 0 aromatic carbocycles. The lowest BCUT2D eigenvalue weighted by Crippen LogP contribution is -2.25. The number of aryl methyl sites for hydroxylation is 1. The van der Waals surface area contributed by atoms with E-state index in [1.807, 2.05) is 36.2 Å². The molecule has 3 heterocycles. The monoisotopic (exact) mass is 324 g/mol. The van der Waals surface area contributed by atoms with Gasteiger partial charge in [0.1, 0.15) is 0 Å². The smallest absolute Gasteiger partial charge is 0.222 e. The van der Waals surface area contributed by atoms with E-state index in [0.29, 0.717) is 0 Å². The van der Waals surface area contributed by atoms with Gasteiger partial charge in [0, 0.05) is 37.7 Å². The van der Waals surface area contributed by atoms with Gasteiger partial charge in [-0.25, -0.2) is 9.50 Å². The molecule has 24 heavy (non-hydrogen) atoms. The number of rotatable bonds is 3. The molecule has 1 amide bonds. The number of aromatic nitrogens is 5. The summed E-state index contributed by atoms with van der Waals surface area (Å²) in [5.41, 5.74) is 3.88. The molecule has 0 bridgehead atoms. The fourth-order valence-corrected chi connectivity index (χ4v) is 3.62. The Hall–Kier alpha value is -2.70. The molecule has 1 aliphatic carbocycles. The Kier molecular flexibility index (Phi) is 3.55. The Morgan fingerprint density at radius 2 is 2.17 bits per heavy atom. The largest absolute Gasteiger partial charge is 0.359 e. The third-order valence-corrected chi connectivity index (χ3v) is 4.86. The fraction of sp³-hybridized carbons (Fsp3) is 0.412. The van der Waals surface area contributed by atoms with Crippen molar-refractivity contribution in [2.45, 2.75) is 25.2 Å². The lowest BCUT2D eigenvalue weighted by Gasteiger charge is -2.13. The second-order valence-electron chi connectivity index (χ2n) is 6.40. The van der Waals surface area contributed by atoms with Crippen LogP contribution in [0.1, 0.15) is 30.9 Å². The highest BCUT2D eigenvalue weighted by atomic mass is 16.1. The zero-order chi connectivity index (χ0) is 16.7. The van der Waals surface area contributed by atoms with E-state index in [1.165, 1.54) is 0 Å². The summed E-state index contributed by atoms with van der Waals surface area (Å²) in [5, 5.41) is 11.4. The van der Waals surface area contributed by atoms with Gasteiger partial charge in [0.05, 0.1) is 35.5 Å². The summed E-state index contributed by atoms with van der Waals surface area (Å²) < 4.78 is 3.64. The van der Waals surface area contributed by atoms with E-state index in [-0.39, 0.29) is 17.7 Å². The van der Waals surface area contributed by atoms with Gasteiger partial charge in [0.25, 0.3) is 0 Å². The van der Waals surface area contributed by atoms with Crippen molar-refractivity contribution in [1.29, 1.82) is 0 Å². The molecule has 4 rings (SSSR count). The van der Waals surface area contributed by atoms with Crippen LogP contribution in [0.15, 0.2) is 30.9 Å². The van der Waals surface area contributed by atoms with E-state index in [4.69, 9.17) is 4.98 Å². The molecule has 1 saturated carbocycles. The highest BCUT2D eigenvalue weighted by Gasteiger charge is 2.32. The molecule has 0 aliphatic heterocycles. The van der Waals surface area contributed by atoms with Gasteiger partial charge in [0.15, 0.2) is 0 Å². The van der Waals surface area contributed by atoms with Crippen molar-refractivity contribution in [2.24, 2.45) is 13.0 Å². The molecule has 0 radical (unpaired) electrons. The number of hydrogen-bond acceptors (Lipinski definition) is 4. The van der Waals surface area contributed by atoms with E-state index < -0.39 is 0 Å². The van der Waals surface area contributed by atoms with Crippen molar-refractivity contribution >= 4 is 11.4 Å². The minimum Gasteiger partial charge on any atom is -0.359 e. The summed E-state index contributed by atoms with van der Waals surface area (Å²) in [5.74, 6) is 0.486. The van der Waals surface area contributed by atoms with E-state index in [9.17, 15) is 4.79 Å². The van der Waals surface area contributed by atoms with Crippen LogP contribution in [0.4, 0.5) is 0 Å². The van der Waals surface area contributed by atoms with Crippen LogP contribution in [0, 0.1) is 5.92 Å². The van der Waals surface area contributed by atoms with Crippen LogP contribution >= 0.6 is 0 Å². The topological polar surface area (TPSA) is 77.1 Å². The van der Waals surface area contributed by atoms with Gasteiger partial charge in [-0.15, -0.1) is 0 Å². The maximum atomic E-state index is 11.9. The van der Waals surface area contributed by atoms with Crippen LogP contribution in [-0.2, 0) is 11.8 Å². The zero-order valence-electron chi connectivity index (χ0n) is 13.8. The lowest BCUT2D eigenvalue weighted by atomic mass is 9.99. The third kappa shape index (κ3) is 2.46. The van der Waals surface area contributed by atoms with E-state index >= 15 is 0 Å². The van der Waals surface area contributed by atoms with Gasteiger partial charge in [0.2, 0.25) is 5.91 Å². The number of amides is 1. The first-order valence-electron chi connectivity index (χ1n) is 8.20. The molecule has 7 nitrogen and oxygen atoms in total. The van der Waals surface area contributed by atoms with Crippen LogP contribution in [0.2, 0.25) is 0 Å². The maximum Gasteiger partial charge on any atom is 0.222 e. The number of hydrogen-bond donors (Lipinski definition) is 1. The molecular formula is C17H20N6O. The molecule has 2 atom stereocenters. The Balaban J connectivity index is 1.75. The number of nitrogens with zero attached hydrogens (tertiary/aromatic N) is 5. The van der Waals surface area contributed by atoms with Crippen LogP contribution in [0.5, 0.6) is 0 Å². The van der Waals surface area contributed by atoms with Gasteiger partial charge >= 0.3 is 0 Å². The minimum atomic E-state index is 0.0758. The maximum absolute atomic E-state index is 11.9. The molecule has 1 N–H and O–H groups in total. The van der Waals surface area contributed by atoms with Crippen LogP contribution < -0.4 is 5.32 Å². The van der Waals surface area contributed by atoms with Crippen LogP contribution in [0.3, 0.4) is 0 Å². The van der Waals surface area contributed by atoms with Crippen LogP contribution in [0.25, 0.3) is 16.8 Å². The second-order valence-corrected chi connectivity index (χ2v) is 6.40. The molecule has 124 valence electrons. The summed E-state index contributed by atoms with van der Waals surface area (Å²) in [6.45, 7) is 0. The summed E-state index contributed by atoms with van der Waals surface area (Å²) in [6, 6.07) is 1.99. The average molecular weight is 324 g/mol. The van der Waals surface area contributed by atoms with Crippen molar-refractivity contribution in [2.75, 3.05) is 7.05 Å². The Morgan fingerprint density at radius 3 is 2.92 bits per heavy atom. The van der Waals surface area contributed by atoms with Gasteiger partial charge in [-0.1, -0.05) is 0 Å². The highest BCUT2D eigenvalue weighted by Crippen LogP contribution is 2.39. The first-order chi connectivity index (χ1) is 11.7. The summed E-state index contributed by atoms with van der Waals surface area (Å²) >= 11 is 0. The summed E-state index contributed by atoms with van der Waals surface area (Å²) in [4.78, 5) is 16.8. The SMILES string of the molecule is CNC(=O)C1CCC(c2nc(-c3cnn(C)c3)cn3nccc23)C1. The van der Waals surface area contributed by atoms with Crippen molar-refractivity contribution in [1.82, 2.24) is 29.7 Å². The molecule has 3 aromatic rings. The average Bonchev–Trinajstić information content (AvgIpc) is 3.32. The standard InChI is InChI=1S/C17H20N6O/c1-18-17(24)12-4-3-11(7-12)16-15-5-6-19-23(15)10-14(21-16)13-8-20-22(2)9-13/h5-6,8-12H,3-4,7H2,1-2H3,(H,18,24). The molecular weight excluding hydrogens is 304 g/mol. The van der Waals surface area contributed by atoms with Gasteiger partial charge in [-0.2, -0.15) is 10.2 Å². The lowest BCUT2D eigenvalue weighted by molar-refractivity contribution is -0.124. The fourth-order valence-electron chi connectivity index (χ4n) is 3.62. The second kappa shape index (κ2) is 5.74. The third-order valence-electron chi connectivity index (χ3n) is 4.86. The molecule has 0 saturated heterocycles. The Labute approximate surface area is 139 Å². The van der Waals surface area contributed by atoms with Gasteiger partial charge in [-0.05, 0) is 25.3 Å². The molecule has 3 aromatic heterocycles. The summed E-state index contributed by atoms with van der Waals surface area (Å²) in [7, 11) is 3.59. The Morgan fingerprint density at radius 1 is 1.29 bits per heavy atom. The number of carbonyl (C=O) groups is 1. The Bertz CT molecular complexity index is 896. The molecule has 7 heteroatoms. The summed E-state index contributed by atoms with van der Waals surface area (Å²) in [6.07, 6.45) is 10.2. The molecule has 2 unspecified atom stereocenters. The minimum absolute atomic E-state index is 0.0758. The normalized spacial score (nSPS) is 20.6. The number of carbonyl (C=O) groups excluding carboxylic acids is 1. The zero-order valence-corrected chi connectivity index (χ0v) is 13.8. The van der Waals surface area contributed by atoms with Gasteiger partial charge < -0.3 is 5.32 Å². The number of fused-ring (bicyclic) bond motifs is 1. The van der Waals surface area contributed by atoms with E-state index in [1.54, 1.807) is 17.9 Å². The van der Waals surface area contributed by atoms with E-state index in [0.717, 1.165) is 41.7 Å².